The summed E-state index contributed by atoms with van der Waals surface area (Å²) in [6.07, 6.45) is 8.58. The van der Waals surface area contributed by atoms with Crippen molar-refractivity contribution in [2.75, 3.05) is 6.61 Å². The van der Waals surface area contributed by atoms with Crippen LogP contribution in [0.1, 0.15) is 43.0 Å². The number of hydrogen-bond donors (Lipinski definition) is 0. The van der Waals surface area contributed by atoms with Crippen molar-refractivity contribution >= 4 is 23.0 Å². The number of nitriles is 1. The molecule has 0 spiro atoms. The Balaban J connectivity index is 1.80. The van der Waals surface area contributed by atoms with E-state index in [1.54, 1.807) is 6.08 Å². The summed E-state index contributed by atoms with van der Waals surface area (Å²) in [5.41, 5.74) is 4.70. The predicted molar refractivity (Wildman–Crippen MR) is 107 cm³/mol. The second kappa shape index (κ2) is 8.14. The Kier molecular flexibility index (Phi) is 5.43. The van der Waals surface area contributed by atoms with Gasteiger partial charge in [0.25, 0.3) is 0 Å². The van der Waals surface area contributed by atoms with Crippen LogP contribution in [0.2, 0.25) is 0 Å². The molecule has 1 aromatic heterocycles. The van der Waals surface area contributed by atoms with Gasteiger partial charge in [-0.2, -0.15) is 10.4 Å². The highest BCUT2D eigenvalue weighted by Crippen LogP contribution is 2.35. The molecular formula is C22H20ClN3O2. The van der Waals surface area contributed by atoms with E-state index in [1.807, 2.05) is 47.3 Å². The van der Waals surface area contributed by atoms with Crippen molar-refractivity contribution in [3.63, 3.8) is 0 Å². The fraction of sp³-hybridized carbons (Fsp3) is 0.318. The van der Waals surface area contributed by atoms with Crippen LogP contribution in [-0.4, -0.2) is 22.2 Å². The van der Waals surface area contributed by atoms with Gasteiger partial charge in [-0.3, -0.25) is 4.79 Å². The number of carbonyl (C=O) groups excluding carboxylic acids is 1. The maximum absolute atomic E-state index is 12.3. The van der Waals surface area contributed by atoms with Crippen LogP contribution in [0.25, 0.3) is 16.8 Å². The molecule has 1 fully saturated rings. The van der Waals surface area contributed by atoms with E-state index in [4.69, 9.17) is 26.7 Å². The van der Waals surface area contributed by atoms with Gasteiger partial charge in [-0.05, 0) is 42.5 Å². The minimum Gasteiger partial charge on any atom is -0.357 e. The number of allylic oxidation sites excluding steroid dienone is 4. The Hall–Kier alpha value is -2.68. The molecule has 1 saturated heterocycles. The fourth-order valence-corrected chi connectivity index (χ4v) is 3.78. The predicted octanol–water partition coefficient (Wildman–Crippen LogP) is 4.79. The van der Waals surface area contributed by atoms with Crippen molar-refractivity contribution in [2.24, 2.45) is 0 Å². The molecule has 0 radical (unpaired) electrons. The molecule has 1 unspecified atom stereocenters. The van der Waals surface area contributed by atoms with E-state index >= 15 is 0 Å². The minimum absolute atomic E-state index is 0.0948. The van der Waals surface area contributed by atoms with E-state index in [2.05, 4.69) is 0 Å². The molecule has 28 heavy (non-hydrogen) atoms. The Bertz CT molecular complexity index is 1010. The quantitative estimate of drug-likeness (QED) is 0.700. The van der Waals surface area contributed by atoms with E-state index in [9.17, 15) is 4.79 Å². The zero-order chi connectivity index (χ0) is 19.5. The van der Waals surface area contributed by atoms with Gasteiger partial charge in [-0.25, -0.2) is 4.68 Å². The van der Waals surface area contributed by atoms with Gasteiger partial charge in [0, 0.05) is 36.2 Å². The van der Waals surface area contributed by atoms with Gasteiger partial charge in [0.2, 0.25) is 0 Å². The van der Waals surface area contributed by atoms with Crippen LogP contribution in [0.4, 0.5) is 0 Å². The normalized spacial score (nSPS) is 19.7. The van der Waals surface area contributed by atoms with Gasteiger partial charge in [0.1, 0.15) is 12.3 Å². The molecule has 0 saturated carbocycles. The Morgan fingerprint density at radius 3 is 2.93 bits per heavy atom. The molecule has 1 aliphatic carbocycles. The van der Waals surface area contributed by atoms with Gasteiger partial charge in [0.15, 0.2) is 5.78 Å². The molecule has 6 heteroatoms. The van der Waals surface area contributed by atoms with E-state index in [1.165, 1.54) is 0 Å². The highest BCUT2D eigenvalue weighted by atomic mass is 35.5. The third kappa shape index (κ3) is 3.66. The number of halogens is 1. The monoisotopic (exact) mass is 393 g/mol. The summed E-state index contributed by atoms with van der Waals surface area (Å²) in [6.45, 7) is 0.729. The van der Waals surface area contributed by atoms with Crippen LogP contribution in [-0.2, 0) is 15.4 Å². The number of nitrogens with zero attached hydrogens (tertiary/aromatic N) is 3. The van der Waals surface area contributed by atoms with Crippen LogP contribution < -0.4 is 0 Å². The maximum Gasteiger partial charge on any atom is 0.177 e. The van der Waals surface area contributed by atoms with Gasteiger partial charge >= 0.3 is 0 Å². The molecule has 1 aromatic carbocycles. The molecule has 1 atom stereocenters. The van der Waals surface area contributed by atoms with Crippen molar-refractivity contribution in [3.8, 4) is 17.3 Å². The molecule has 2 aromatic rings. The number of benzene rings is 1. The van der Waals surface area contributed by atoms with Gasteiger partial charge in [-0.1, -0.05) is 24.3 Å². The van der Waals surface area contributed by atoms with Crippen LogP contribution >= 0.6 is 11.6 Å². The van der Waals surface area contributed by atoms with E-state index in [-0.39, 0.29) is 24.0 Å². The van der Waals surface area contributed by atoms with E-state index in [0.29, 0.717) is 5.88 Å². The highest BCUT2D eigenvalue weighted by molar-refractivity contribution is 6.17. The van der Waals surface area contributed by atoms with Crippen molar-refractivity contribution in [3.05, 3.63) is 59.3 Å². The lowest BCUT2D eigenvalue weighted by molar-refractivity contribution is -0.114. The Morgan fingerprint density at radius 2 is 2.21 bits per heavy atom. The van der Waals surface area contributed by atoms with Crippen LogP contribution in [0.3, 0.4) is 0 Å². The summed E-state index contributed by atoms with van der Waals surface area (Å²) in [5.74, 6) is 0.257. The first-order valence-electron chi connectivity index (χ1n) is 9.40. The van der Waals surface area contributed by atoms with Crippen molar-refractivity contribution in [1.82, 2.24) is 9.78 Å². The Labute approximate surface area is 168 Å². The second-order valence-electron chi connectivity index (χ2n) is 7.01. The number of aromatic nitrogens is 2. The molecular weight excluding hydrogens is 374 g/mol. The third-order valence-electron chi connectivity index (χ3n) is 5.11. The lowest BCUT2D eigenvalue weighted by atomic mass is 9.91. The van der Waals surface area contributed by atoms with Gasteiger partial charge in [-0.15, -0.1) is 11.6 Å². The van der Waals surface area contributed by atoms with Crippen LogP contribution in [0.5, 0.6) is 0 Å². The highest BCUT2D eigenvalue weighted by Gasteiger charge is 2.24. The molecule has 2 aliphatic rings. The Morgan fingerprint density at radius 1 is 1.32 bits per heavy atom. The standard InChI is InChI=1S/C22H20ClN3O2/c23-12-15-4-3-5-17(10-15)22-19(16-7-8-18(13-24)20(27)11-16)14-26(25-22)21-6-1-2-9-28-21/h3-5,7-8,10,14,21H,1-2,6,9,11-12H2. The summed E-state index contributed by atoms with van der Waals surface area (Å²) in [6, 6.07) is 9.91. The third-order valence-corrected chi connectivity index (χ3v) is 5.42. The number of rotatable bonds is 4. The number of ether oxygens (including phenoxy) is 1. The topological polar surface area (TPSA) is 67.9 Å². The van der Waals surface area contributed by atoms with Crippen molar-refractivity contribution in [1.29, 1.82) is 5.26 Å². The smallest absolute Gasteiger partial charge is 0.177 e. The summed E-state index contributed by atoms with van der Waals surface area (Å²) in [5, 5.41) is 13.9. The second-order valence-corrected chi connectivity index (χ2v) is 7.28. The number of hydrogen-bond acceptors (Lipinski definition) is 4. The average Bonchev–Trinajstić information content (AvgIpc) is 3.20. The summed E-state index contributed by atoms with van der Waals surface area (Å²) in [4.78, 5) is 12.3. The minimum atomic E-state index is -0.165. The zero-order valence-electron chi connectivity index (χ0n) is 15.4. The molecule has 0 N–H and O–H groups in total. The van der Waals surface area contributed by atoms with Gasteiger partial charge < -0.3 is 4.74 Å². The number of alkyl halides is 1. The molecule has 1 aliphatic heterocycles. The lowest BCUT2D eigenvalue weighted by Crippen LogP contribution is -2.18. The summed E-state index contributed by atoms with van der Waals surface area (Å²) < 4.78 is 7.76. The molecule has 5 nitrogen and oxygen atoms in total. The summed E-state index contributed by atoms with van der Waals surface area (Å²) >= 11 is 6.01. The molecule has 142 valence electrons. The first-order valence-corrected chi connectivity index (χ1v) is 9.93. The summed E-state index contributed by atoms with van der Waals surface area (Å²) in [7, 11) is 0. The first kappa shape index (κ1) is 18.7. The SMILES string of the molecule is N#CC1=CC=C(c2cn(C3CCCCO3)nc2-c2cccc(CCl)c2)CC1=O. The average molecular weight is 394 g/mol. The molecule has 2 heterocycles. The number of ketones is 1. The number of carbonyl (C=O) groups is 1. The molecule has 0 amide bonds. The van der Waals surface area contributed by atoms with Gasteiger partial charge in [0.05, 0.1) is 11.3 Å². The van der Waals surface area contributed by atoms with Crippen molar-refractivity contribution < 1.29 is 9.53 Å². The zero-order valence-corrected chi connectivity index (χ0v) is 16.2. The largest absolute Gasteiger partial charge is 0.357 e. The first-order chi connectivity index (χ1) is 13.7. The van der Waals surface area contributed by atoms with Crippen LogP contribution in [0.15, 0.2) is 48.2 Å². The lowest BCUT2D eigenvalue weighted by Gasteiger charge is -2.22. The molecule has 4 rings (SSSR count). The number of Topliss-reactive ketones (excluding diaryl/α,β-unsaturated/α-hetero) is 1. The van der Waals surface area contributed by atoms with E-state index in [0.717, 1.165) is 53.8 Å². The van der Waals surface area contributed by atoms with Crippen molar-refractivity contribution in [2.45, 2.75) is 37.8 Å². The molecule has 0 bridgehead atoms. The maximum atomic E-state index is 12.3. The van der Waals surface area contributed by atoms with E-state index < -0.39 is 0 Å². The fourth-order valence-electron chi connectivity index (χ4n) is 3.61. The van der Waals surface area contributed by atoms with Crippen LogP contribution in [0, 0.1) is 11.3 Å².